The van der Waals surface area contributed by atoms with Crippen LogP contribution in [0.1, 0.15) is 53.5 Å². The number of guanidine groups is 1. The summed E-state index contributed by atoms with van der Waals surface area (Å²) in [6.07, 6.45) is -6.51. The van der Waals surface area contributed by atoms with Crippen molar-refractivity contribution in [1.82, 2.24) is 9.55 Å². The van der Waals surface area contributed by atoms with Gasteiger partial charge in [0, 0.05) is 6.61 Å². The summed E-state index contributed by atoms with van der Waals surface area (Å²) in [5.74, 6) is -3.67. The summed E-state index contributed by atoms with van der Waals surface area (Å²) >= 11 is 0. The normalized spacial score (nSPS) is 23.8. The van der Waals surface area contributed by atoms with Gasteiger partial charge < -0.3 is 44.4 Å². The second-order valence-electron chi connectivity index (χ2n) is 9.91. The van der Waals surface area contributed by atoms with Gasteiger partial charge in [0.25, 0.3) is 5.85 Å². The van der Waals surface area contributed by atoms with Gasteiger partial charge in [-0.25, -0.2) is 37.6 Å². The molecule has 0 aromatic carbocycles. The van der Waals surface area contributed by atoms with E-state index in [1.807, 2.05) is 0 Å². The van der Waals surface area contributed by atoms with E-state index in [0.29, 0.717) is 6.61 Å². The number of aromatic nitrogens is 2. The van der Waals surface area contributed by atoms with Crippen LogP contribution in [0.2, 0.25) is 0 Å². The van der Waals surface area contributed by atoms with E-state index in [0.717, 1.165) is 17.8 Å². The molecule has 0 amide bonds. The number of nitrogens with two attached hydrogens (primary N) is 1. The van der Waals surface area contributed by atoms with Crippen LogP contribution in [-0.2, 0) is 53.2 Å². The Morgan fingerprint density at radius 2 is 1.73 bits per heavy atom. The van der Waals surface area contributed by atoms with Gasteiger partial charge in [0.1, 0.15) is 24.0 Å². The number of carbonyl (C=O) groups is 2. The maximum Gasteiger partial charge on any atom is 0.510 e. The molecule has 0 saturated carbocycles. The van der Waals surface area contributed by atoms with Gasteiger partial charge in [-0.3, -0.25) is 9.09 Å². The van der Waals surface area contributed by atoms with Gasteiger partial charge >= 0.3 is 20.1 Å². The number of phosphoric acid groups is 1. The van der Waals surface area contributed by atoms with Crippen molar-refractivity contribution in [2.75, 3.05) is 26.8 Å². The van der Waals surface area contributed by atoms with Crippen LogP contribution in [0, 0.1) is 0 Å². The van der Waals surface area contributed by atoms with Crippen molar-refractivity contribution in [1.29, 1.82) is 0 Å². The van der Waals surface area contributed by atoms with E-state index in [1.165, 1.54) is 27.7 Å². The number of hydrogen-bond acceptors (Lipinski definition) is 16. The number of imidazole rings is 1. The Labute approximate surface area is 258 Å². The van der Waals surface area contributed by atoms with E-state index < -0.39 is 76.3 Å². The standard InChI is InChI=1S/C24H39FN5O14P/c1-8-36-9-16-17(29-20(26)27-7)30(11-28-16)19-23(6,34)18(31)24(25,44-19)10-39-45(35,40-12-37-21(32)42-14(2)3)41-13-38-22(33)43-15(4)5/h11,14-15,18-19,31,34H,7-10,12-13H2,1-6H3,(H2,26,29)/t18-,19+,23+,24+/m0/s1. The first-order valence-corrected chi connectivity index (χ1v) is 14.9. The molecule has 21 heteroatoms. The topological polar surface area (TPSA) is 243 Å². The molecule has 45 heavy (non-hydrogen) atoms. The van der Waals surface area contributed by atoms with E-state index in [-0.39, 0.29) is 24.1 Å². The van der Waals surface area contributed by atoms with Gasteiger partial charge in [-0.05, 0) is 48.3 Å². The minimum atomic E-state index is -4.97. The second-order valence-corrected chi connectivity index (χ2v) is 11.6. The average molecular weight is 672 g/mol. The molecule has 4 N–H and O–H groups in total. The fourth-order valence-electron chi connectivity index (χ4n) is 3.53. The third-order valence-electron chi connectivity index (χ3n) is 5.55. The smallest absolute Gasteiger partial charge is 0.432 e. The highest BCUT2D eigenvalue weighted by atomic mass is 31.2. The summed E-state index contributed by atoms with van der Waals surface area (Å²) in [7, 11) is -4.97. The summed E-state index contributed by atoms with van der Waals surface area (Å²) in [4.78, 5) is 35.0. The van der Waals surface area contributed by atoms with Crippen molar-refractivity contribution in [2.45, 2.75) is 84.1 Å². The number of aliphatic hydroxyl groups is 2. The predicted octanol–water partition coefficient (Wildman–Crippen LogP) is 2.57. The minimum absolute atomic E-state index is 0.0640. The first kappa shape index (κ1) is 38.0. The number of nitrogens with zero attached hydrogens (tertiary/aromatic N) is 4. The SMILES string of the molecule is C=N/C(N)=N\c1c(COCC)ncn1[C@@H]1O[C@](F)(COP(=O)(OCOC(=O)OC(C)C)OCOC(=O)OC(C)C)[C@@H](O)[C@@]1(C)O. The van der Waals surface area contributed by atoms with E-state index in [4.69, 9.17) is 38.3 Å². The van der Waals surface area contributed by atoms with Crippen LogP contribution >= 0.6 is 7.82 Å². The number of aliphatic hydroxyl groups excluding tert-OH is 1. The predicted molar refractivity (Wildman–Crippen MR) is 150 cm³/mol. The lowest BCUT2D eigenvalue weighted by molar-refractivity contribution is -0.206. The molecule has 4 atom stereocenters. The number of carbonyl (C=O) groups excluding carboxylic acids is 2. The summed E-state index contributed by atoms with van der Waals surface area (Å²) < 4.78 is 74.8. The Morgan fingerprint density at radius 3 is 2.22 bits per heavy atom. The van der Waals surface area contributed by atoms with Crippen molar-refractivity contribution in [3.63, 3.8) is 0 Å². The molecule has 1 aromatic rings. The minimum Gasteiger partial charge on any atom is -0.432 e. The molecule has 0 spiro atoms. The molecular formula is C24H39FN5O14P. The molecule has 1 aliphatic heterocycles. The van der Waals surface area contributed by atoms with Gasteiger partial charge in [0.05, 0.1) is 25.1 Å². The Kier molecular flexibility index (Phi) is 13.8. The van der Waals surface area contributed by atoms with Crippen molar-refractivity contribution in [2.24, 2.45) is 15.7 Å². The molecule has 19 nitrogen and oxygen atoms in total. The number of ether oxygens (including phenoxy) is 6. The van der Waals surface area contributed by atoms with Crippen LogP contribution in [0.3, 0.4) is 0 Å². The molecule has 1 saturated heterocycles. The number of alkyl halides is 1. The Balaban J connectivity index is 2.29. The molecule has 0 unspecified atom stereocenters. The maximum atomic E-state index is 16.2. The van der Waals surface area contributed by atoms with Gasteiger partial charge in [0.2, 0.25) is 19.5 Å². The third-order valence-corrected chi connectivity index (χ3v) is 6.84. The molecule has 1 fully saturated rings. The lowest BCUT2D eigenvalue weighted by Gasteiger charge is -2.28. The van der Waals surface area contributed by atoms with Crippen molar-refractivity contribution < 1.29 is 70.8 Å². The zero-order valence-corrected chi connectivity index (χ0v) is 26.5. The Hall–Kier alpha value is -3.23. The highest BCUT2D eigenvalue weighted by molar-refractivity contribution is 7.48. The molecule has 2 heterocycles. The summed E-state index contributed by atoms with van der Waals surface area (Å²) in [6.45, 7) is 8.87. The molecule has 0 bridgehead atoms. The molecule has 256 valence electrons. The summed E-state index contributed by atoms with van der Waals surface area (Å²) in [5.41, 5.74) is 3.49. The van der Waals surface area contributed by atoms with Crippen LogP contribution in [0.5, 0.6) is 0 Å². The van der Waals surface area contributed by atoms with E-state index in [2.05, 4.69) is 31.2 Å². The van der Waals surface area contributed by atoms with E-state index in [9.17, 15) is 24.4 Å². The van der Waals surface area contributed by atoms with E-state index >= 15 is 4.39 Å². The number of aliphatic imine (C=N–C) groups is 2. The van der Waals surface area contributed by atoms with Crippen molar-refractivity contribution in [3.8, 4) is 0 Å². The first-order chi connectivity index (χ1) is 21.0. The molecule has 0 aliphatic carbocycles. The fourth-order valence-corrected chi connectivity index (χ4v) is 4.45. The third kappa shape index (κ3) is 10.7. The van der Waals surface area contributed by atoms with Crippen LogP contribution in [0.25, 0.3) is 0 Å². The zero-order chi connectivity index (χ0) is 34.0. The van der Waals surface area contributed by atoms with Crippen LogP contribution in [0.4, 0.5) is 19.8 Å². The van der Waals surface area contributed by atoms with Crippen molar-refractivity contribution in [3.05, 3.63) is 12.0 Å². The highest BCUT2D eigenvalue weighted by Crippen LogP contribution is 2.53. The van der Waals surface area contributed by atoms with Crippen LogP contribution < -0.4 is 5.73 Å². The molecule has 1 aromatic heterocycles. The average Bonchev–Trinajstić information content (AvgIpc) is 3.41. The highest BCUT2D eigenvalue weighted by Gasteiger charge is 2.64. The van der Waals surface area contributed by atoms with Gasteiger partial charge in [-0.15, -0.1) is 0 Å². The molecule has 1 aliphatic rings. The monoisotopic (exact) mass is 671 g/mol. The maximum absolute atomic E-state index is 16.2. The molecule has 2 rings (SSSR count). The molecular weight excluding hydrogens is 632 g/mol. The van der Waals surface area contributed by atoms with Gasteiger partial charge in [-0.2, -0.15) is 4.99 Å². The second kappa shape index (κ2) is 16.4. The number of halogens is 1. The van der Waals surface area contributed by atoms with E-state index in [1.54, 1.807) is 6.92 Å². The largest absolute Gasteiger partial charge is 0.510 e. The Morgan fingerprint density at radius 1 is 1.18 bits per heavy atom. The zero-order valence-electron chi connectivity index (χ0n) is 25.6. The summed E-state index contributed by atoms with van der Waals surface area (Å²) in [5, 5.41) is 22.0. The Bertz CT molecular complexity index is 1210. The number of rotatable bonds is 16. The van der Waals surface area contributed by atoms with Crippen LogP contribution in [0.15, 0.2) is 16.3 Å². The summed E-state index contributed by atoms with van der Waals surface area (Å²) in [6, 6.07) is 0. The first-order valence-electron chi connectivity index (χ1n) is 13.4. The lowest BCUT2D eigenvalue weighted by atomic mass is 9.95. The number of phosphoric ester groups is 1. The van der Waals surface area contributed by atoms with Gasteiger partial charge in [-0.1, -0.05) is 0 Å². The quantitative estimate of drug-likeness (QED) is 0.0751. The lowest BCUT2D eigenvalue weighted by Crippen LogP contribution is -2.49. The van der Waals surface area contributed by atoms with Gasteiger partial charge in [0.15, 0.2) is 12.0 Å². The molecule has 0 radical (unpaired) electrons. The van der Waals surface area contributed by atoms with Crippen LogP contribution in [-0.4, -0.2) is 101 Å². The number of hydrogen-bond donors (Lipinski definition) is 3. The van der Waals surface area contributed by atoms with Crippen molar-refractivity contribution >= 4 is 38.6 Å². The fraction of sp³-hybridized carbons (Fsp3) is 0.708.